The fraction of sp³-hybridized carbons (Fsp3) is 0.435. The number of hydrogen-bond donors (Lipinski definition) is 1. The highest BCUT2D eigenvalue weighted by atomic mass is 16.1. The summed E-state index contributed by atoms with van der Waals surface area (Å²) in [7, 11) is 1.73. The molecular weight excluding hydrogens is 390 g/mol. The van der Waals surface area contributed by atoms with Crippen molar-refractivity contribution < 1.29 is 0 Å². The summed E-state index contributed by atoms with van der Waals surface area (Å²) < 4.78 is 1.56. The third-order valence-corrected chi connectivity index (χ3v) is 6.44. The van der Waals surface area contributed by atoms with Gasteiger partial charge in [-0.3, -0.25) is 9.36 Å². The zero-order valence-corrected chi connectivity index (χ0v) is 17.6. The molecule has 8 nitrogen and oxygen atoms in total. The van der Waals surface area contributed by atoms with E-state index in [0.29, 0.717) is 28.8 Å². The molecule has 0 amide bonds. The molecule has 3 aromatic rings. The van der Waals surface area contributed by atoms with Gasteiger partial charge in [-0.05, 0) is 37.7 Å². The Hall–Kier alpha value is -3.47. The van der Waals surface area contributed by atoms with E-state index in [9.17, 15) is 4.79 Å². The van der Waals surface area contributed by atoms with Gasteiger partial charge in [0.15, 0.2) is 5.82 Å². The van der Waals surface area contributed by atoms with Crippen LogP contribution in [0.3, 0.4) is 0 Å². The number of fused-ring (bicyclic) bond motifs is 1. The predicted molar refractivity (Wildman–Crippen MR) is 117 cm³/mol. The monoisotopic (exact) mass is 415 g/mol. The SMILES string of the molecule is Cn1c(-n2nc3c(n2)C(C2CCCCC2)CC3)cc(C#Cc2cnc(N)nc2)cc1=O. The normalized spacial score (nSPS) is 18.4. The maximum atomic E-state index is 12.6. The summed E-state index contributed by atoms with van der Waals surface area (Å²) in [5.74, 6) is 8.01. The van der Waals surface area contributed by atoms with Gasteiger partial charge in [-0.1, -0.05) is 31.1 Å². The van der Waals surface area contributed by atoms with Crippen LogP contribution < -0.4 is 11.3 Å². The standard InChI is InChI=1S/C23H25N7O/c1-29-20(11-15(12-21(29)31)7-8-16-13-25-23(24)26-14-16)30-27-19-10-9-18(22(19)28-30)17-5-3-2-4-6-17/h11-14,17-18H,2-6,9-10H2,1H3,(H2,24,25,26). The molecule has 3 heterocycles. The molecule has 1 atom stereocenters. The van der Waals surface area contributed by atoms with Gasteiger partial charge in [-0.15, -0.1) is 4.80 Å². The first-order chi connectivity index (χ1) is 15.1. The molecular formula is C23H25N7O. The number of anilines is 1. The lowest BCUT2D eigenvalue weighted by atomic mass is 9.79. The van der Waals surface area contributed by atoms with Crippen LogP contribution in [0.15, 0.2) is 29.3 Å². The molecule has 1 saturated carbocycles. The Kier molecular flexibility index (Phi) is 5.02. The molecule has 2 aliphatic rings. The topological polar surface area (TPSA) is 105 Å². The number of rotatable bonds is 2. The van der Waals surface area contributed by atoms with Crippen molar-refractivity contribution in [2.75, 3.05) is 5.73 Å². The van der Waals surface area contributed by atoms with Crippen molar-refractivity contribution in [3.63, 3.8) is 0 Å². The van der Waals surface area contributed by atoms with Crippen molar-refractivity contribution >= 4 is 5.95 Å². The van der Waals surface area contributed by atoms with Crippen LogP contribution in [0.2, 0.25) is 0 Å². The van der Waals surface area contributed by atoms with E-state index in [1.165, 1.54) is 38.2 Å². The first-order valence-corrected chi connectivity index (χ1v) is 10.9. The van der Waals surface area contributed by atoms with Crippen LogP contribution in [0.4, 0.5) is 5.95 Å². The molecule has 3 aromatic heterocycles. The first-order valence-electron chi connectivity index (χ1n) is 10.9. The van der Waals surface area contributed by atoms with Gasteiger partial charge in [0.1, 0.15) is 0 Å². The highest BCUT2D eigenvalue weighted by Gasteiger charge is 2.34. The zero-order chi connectivity index (χ0) is 21.4. The quantitative estimate of drug-likeness (QED) is 0.644. The minimum Gasteiger partial charge on any atom is -0.368 e. The molecule has 158 valence electrons. The lowest BCUT2D eigenvalue weighted by Gasteiger charge is -2.26. The molecule has 0 aromatic carbocycles. The summed E-state index contributed by atoms with van der Waals surface area (Å²) in [6.07, 6.45) is 11.8. The summed E-state index contributed by atoms with van der Waals surface area (Å²) in [5, 5.41) is 9.59. The Morgan fingerprint density at radius 2 is 1.74 bits per heavy atom. The fourth-order valence-electron chi connectivity index (χ4n) is 4.77. The summed E-state index contributed by atoms with van der Waals surface area (Å²) in [4.78, 5) is 22.0. The van der Waals surface area contributed by atoms with Crippen molar-refractivity contribution in [2.45, 2.75) is 50.9 Å². The van der Waals surface area contributed by atoms with E-state index < -0.39 is 0 Å². The highest BCUT2D eigenvalue weighted by molar-refractivity contribution is 5.44. The molecule has 8 heteroatoms. The van der Waals surface area contributed by atoms with E-state index in [0.717, 1.165) is 24.2 Å². The van der Waals surface area contributed by atoms with Crippen LogP contribution in [0, 0.1) is 17.8 Å². The van der Waals surface area contributed by atoms with Gasteiger partial charge in [0.2, 0.25) is 5.95 Å². The number of hydrogen-bond acceptors (Lipinski definition) is 6. The van der Waals surface area contributed by atoms with Gasteiger partial charge in [-0.2, -0.15) is 10.2 Å². The Morgan fingerprint density at radius 1 is 1.00 bits per heavy atom. The maximum absolute atomic E-state index is 12.6. The summed E-state index contributed by atoms with van der Waals surface area (Å²) in [6, 6.07) is 3.36. The second-order valence-electron chi connectivity index (χ2n) is 8.44. The molecule has 0 aliphatic heterocycles. The lowest BCUT2D eigenvalue weighted by Crippen LogP contribution is -2.22. The van der Waals surface area contributed by atoms with E-state index in [-0.39, 0.29) is 11.5 Å². The van der Waals surface area contributed by atoms with Crippen molar-refractivity contribution in [1.29, 1.82) is 0 Å². The van der Waals surface area contributed by atoms with E-state index >= 15 is 0 Å². The van der Waals surface area contributed by atoms with Crippen LogP contribution in [-0.4, -0.2) is 29.5 Å². The van der Waals surface area contributed by atoms with E-state index in [1.807, 2.05) is 6.07 Å². The minimum absolute atomic E-state index is 0.156. The number of aromatic nitrogens is 6. The minimum atomic E-state index is -0.156. The van der Waals surface area contributed by atoms with E-state index in [1.54, 1.807) is 28.8 Å². The zero-order valence-electron chi connectivity index (χ0n) is 17.6. The fourth-order valence-corrected chi connectivity index (χ4v) is 4.77. The van der Waals surface area contributed by atoms with E-state index in [4.69, 9.17) is 15.9 Å². The van der Waals surface area contributed by atoms with Crippen LogP contribution in [0.25, 0.3) is 5.82 Å². The van der Waals surface area contributed by atoms with Gasteiger partial charge in [0, 0.05) is 37.0 Å². The van der Waals surface area contributed by atoms with Gasteiger partial charge >= 0.3 is 0 Å². The van der Waals surface area contributed by atoms with Crippen LogP contribution in [0.5, 0.6) is 0 Å². The Labute approximate surface area is 180 Å². The van der Waals surface area contributed by atoms with Crippen LogP contribution in [0.1, 0.15) is 67.0 Å². The Morgan fingerprint density at radius 3 is 2.52 bits per heavy atom. The number of aryl methyl sites for hydroxylation is 1. The van der Waals surface area contributed by atoms with Gasteiger partial charge < -0.3 is 5.73 Å². The van der Waals surface area contributed by atoms with Gasteiger partial charge in [-0.25, -0.2) is 9.97 Å². The van der Waals surface area contributed by atoms with Crippen molar-refractivity contribution in [1.82, 2.24) is 29.5 Å². The Bertz CT molecular complexity index is 1220. The summed E-state index contributed by atoms with van der Waals surface area (Å²) in [5.41, 5.74) is 8.77. The van der Waals surface area contributed by atoms with E-state index in [2.05, 4.69) is 21.8 Å². The third-order valence-electron chi connectivity index (χ3n) is 6.44. The number of nitrogen functional groups attached to an aromatic ring is 1. The molecule has 0 radical (unpaired) electrons. The van der Waals surface area contributed by atoms with Gasteiger partial charge in [0.05, 0.1) is 17.0 Å². The first kappa shape index (κ1) is 19.5. The second kappa shape index (κ2) is 7.99. The molecule has 1 unspecified atom stereocenters. The molecule has 0 spiro atoms. The largest absolute Gasteiger partial charge is 0.368 e. The molecule has 5 rings (SSSR count). The molecule has 2 aliphatic carbocycles. The van der Waals surface area contributed by atoms with Gasteiger partial charge in [0.25, 0.3) is 5.56 Å². The molecule has 31 heavy (non-hydrogen) atoms. The predicted octanol–water partition coefficient (Wildman–Crippen LogP) is 2.35. The Balaban J connectivity index is 1.47. The number of pyridine rings is 1. The van der Waals surface area contributed by atoms with Crippen LogP contribution >= 0.6 is 0 Å². The second-order valence-corrected chi connectivity index (χ2v) is 8.44. The average Bonchev–Trinajstić information content (AvgIpc) is 3.37. The van der Waals surface area contributed by atoms with Crippen LogP contribution in [-0.2, 0) is 13.5 Å². The average molecular weight is 416 g/mol. The third kappa shape index (κ3) is 3.83. The smallest absolute Gasteiger partial charge is 0.253 e. The molecule has 2 N–H and O–H groups in total. The number of nitrogens with zero attached hydrogens (tertiary/aromatic N) is 6. The van der Waals surface area contributed by atoms with Crippen molar-refractivity contribution in [3.8, 4) is 17.7 Å². The molecule has 0 bridgehead atoms. The molecule has 0 saturated heterocycles. The molecule has 1 fully saturated rings. The highest BCUT2D eigenvalue weighted by Crippen LogP contribution is 2.42. The lowest BCUT2D eigenvalue weighted by molar-refractivity contribution is 0.298. The maximum Gasteiger partial charge on any atom is 0.253 e. The van der Waals surface area contributed by atoms with Crippen molar-refractivity contribution in [3.05, 3.63) is 57.4 Å². The summed E-state index contributed by atoms with van der Waals surface area (Å²) in [6.45, 7) is 0. The number of nitrogens with two attached hydrogens (primary N) is 1. The summed E-state index contributed by atoms with van der Waals surface area (Å²) >= 11 is 0. The van der Waals surface area contributed by atoms with Crippen molar-refractivity contribution in [2.24, 2.45) is 13.0 Å².